The highest BCUT2D eigenvalue weighted by Crippen LogP contribution is 2.06. The average molecular weight is 200 g/mol. The lowest BCUT2D eigenvalue weighted by Crippen LogP contribution is -2.41. The second-order valence-corrected chi connectivity index (χ2v) is 3.76. The molecular weight excluding hydrogens is 180 g/mol. The summed E-state index contributed by atoms with van der Waals surface area (Å²) in [6.07, 6.45) is 3.11. The zero-order chi connectivity index (χ0) is 10.4. The van der Waals surface area contributed by atoms with Gasteiger partial charge in [-0.2, -0.15) is 0 Å². The maximum atomic E-state index is 11.6. The van der Waals surface area contributed by atoms with Crippen molar-refractivity contribution in [1.82, 2.24) is 10.2 Å². The van der Waals surface area contributed by atoms with Gasteiger partial charge in [0.1, 0.15) is 0 Å². The zero-order valence-electron chi connectivity index (χ0n) is 8.83. The number of hydrogen-bond donors (Lipinski definition) is 2. The molecule has 1 aliphatic heterocycles. The Kier molecular flexibility index (Phi) is 4.90. The van der Waals surface area contributed by atoms with Gasteiger partial charge in [0.25, 0.3) is 0 Å². The predicted molar refractivity (Wildman–Crippen MR) is 55.0 cm³/mol. The number of likely N-dealkylation sites (tertiary alicyclic amines) is 1. The van der Waals surface area contributed by atoms with Crippen molar-refractivity contribution in [2.24, 2.45) is 0 Å². The largest absolute Gasteiger partial charge is 0.395 e. The van der Waals surface area contributed by atoms with Crippen LogP contribution in [0.3, 0.4) is 0 Å². The Balaban J connectivity index is 2.19. The lowest BCUT2D eigenvalue weighted by molar-refractivity contribution is -0.129. The van der Waals surface area contributed by atoms with E-state index in [1.807, 2.05) is 11.8 Å². The second-order valence-electron chi connectivity index (χ2n) is 3.76. The zero-order valence-corrected chi connectivity index (χ0v) is 8.83. The number of amides is 1. The molecule has 1 heterocycles. The van der Waals surface area contributed by atoms with Crippen LogP contribution < -0.4 is 5.32 Å². The smallest absolute Gasteiger partial charge is 0.236 e. The van der Waals surface area contributed by atoms with Crippen molar-refractivity contribution in [2.45, 2.75) is 32.2 Å². The first-order chi connectivity index (χ1) is 6.77. The first-order valence-electron chi connectivity index (χ1n) is 5.40. The molecule has 1 atom stereocenters. The van der Waals surface area contributed by atoms with E-state index in [-0.39, 0.29) is 18.6 Å². The first-order valence-corrected chi connectivity index (χ1v) is 5.40. The minimum Gasteiger partial charge on any atom is -0.395 e. The number of nitrogens with zero attached hydrogens (tertiary/aromatic N) is 1. The highest BCUT2D eigenvalue weighted by Gasteiger charge is 2.17. The summed E-state index contributed by atoms with van der Waals surface area (Å²) in [5.74, 6) is 0.161. The fraction of sp³-hybridized carbons (Fsp3) is 0.900. The first kappa shape index (κ1) is 11.5. The van der Waals surface area contributed by atoms with Gasteiger partial charge in [0, 0.05) is 19.1 Å². The van der Waals surface area contributed by atoms with Gasteiger partial charge in [-0.3, -0.25) is 4.79 Å². The van der Waals surface area contributed by atoms with Crippen LogP contribution in [0.4, 0.5) is 0 Å². The van der Waals surface area contributed by atoms with Crippen LogP contribution in [0.1, 0.15) is 26.2 Å². The Morgan fingerprint density at radius 2 is 2.14 bits per heavy atom. The van der Waals surface area contributed by atoms with E-state index in [2.05, 4.69) is 5.32 Å². The van der Waals surface area contributed by atoms with Gasteiger partial charge >= 0.3 is 0 Å². The molecule has 1 saturated heterocycles. The molecule has 14 heavy (non-hydrogen) atoms. The third kappa shape index (κ3) is 3.27. The van der Waals surface area contributed by atoms with Crippen molar-refractivity contribution in [1.29, 1.82) is 0 Å². The molecule has 0 aromatic heterocycles. The summed E-state index contributed by atoms with van der Waals surface area (Å²) in [5, 5.41) is 12.0. The van der Waals surface area contributed by atoms with Gasteiger partial charge in [-0.25, -0.2) is 0 Å². The number of hydrogen-bond acceptors (Lipinski definition) is 3. The molecule has 0 aromatic rings. The van der Waals surface area contributed by atoms with Gasteiger partial charge in [-0.05, 0) is 19.3 Å². The number of carbonyl (C=O) groups excluding carboxylic acids is 1. The predicted octanol–water partition coefficient (Wildman–Crippen LogP) is -0.0307. The van der Waals surface area contributed by atoms with E-state index in [4.69, 9.17) is 5.11 Å². The summed E-state index contributed by atoms with van der Waals surface area (Å²) in [7, 11) is 0. The molecule has 0 saturated carbocycles. The maximum Gasteiger partial charge on any atom is 0.236 e. The molecule has 0 bridgehead atoms. The van der Waals surface area contributed by atoms with Crippen LogP contribution in [0.25, 0.3) is 0 Å². The Bertz CT molecular complexity index is 175. The fourth-order valence-electron chi connectivity index (χ4n) is 1.65. The highest BCUT2D eigenvalue weighted by molar-refractivity contribution is 5.78. The van der Waals surface area contributed by atoms with E-state index in [1.165, 1.54) is 0 Å². The number of nitrogens with one attached hydrogen (secondary N) is 1. The fourth-order valence-corrected chi connectivity index (χ4v) is 1.65. The molecule has 1 fully saturated rings. The Morgan fingerprint density at radius 1 is 1.50 bits per heavy atom. The quantitative estimate of drug-likeness (QED) is 0.655. The Labute approximate surface area is 85.3 Å². The molecule has 1 aliphatic rings. The minimum atomic E-state index is 0.0570. The third-order valence-corrected chi connectivity index (χ3v) is 2.71. The van der Waals surface area contributed by atoms with Gasteiger partial charge in [-0.1, -0.05) is 6.92 Å². The lowest BCUT2D eigenvalue weighted by atomic mass is 10.2. The van der Waals surface area contributed by atoms with Crippen molar-refractivity contribution < 1.29 is 9.90 Å². The van der Waals surface area contributed by atoms with E-state index >= 15 is 0 Å². The molecule has 4 nitrogen and oxygen atoms in total. The van der Waals surface area contributed by atoms with Gasteiger partial charge in [0.05, 0.1) is 13.2 Å². The molecular formula is C10H20N2O2. The molecule has 0 spiro atoms. The van der Waals surface area contributed by atoms with Gasteiger partial charge in [-0.15, -0.1) is 0 Å². The van der Waals surface area contributed by atoms with Crippen LogP contribution in [0.2, 0.25) is 0 Å². The third-order valence-electron chi connectivity index (χ3n) is 2.71. The molecule has 2 N–H and O–H groups in total. The van der Waals surface area contributed by atoms with E-state index in [9.17, 15) is 4.79 Å². The van der Waals surface area contributed by atoms with Crippen molar-refractivity contribution in [3.8, 4) is 0 Å². The Morgan fingerprint density at radius 3 is 2.64 bits per heavy atom. The molecule has 0 radical (unpaired) electrons. The molecule has 1 rings (SSSR count). The normalized spacial score (nSPS) is 18.6. The number of carbonyl (C=O) groups is 1. The summed E-state index contributed by atoms with van der Waals surface area (Å²) in [5.41, 5.74) is 0. The van der Waals surface area contributed by atoms with Crippen LogP contribution in [0.15, 0.2) is 0 Å². The van der Waals surface area contributed by atoms with E-state index in [1.54, 1.807) is 0 Å². The van der Waals surface area contributed by atoms with Gasteiger partial charge in [0.2, 0.25) is 5.91 Å². The van der Waals surface area contributed by atoms with Crippen LogP contribution in [-0.2, 0) is 4.79 Å². The minimum absolute atomic E-state index is 0.0570. The van der Waals surface area contributed by atoms with E-state index < -0.39 is 0 Å². The highest BCUT2D eigenvalue weighted by atomic mass is 16.3. The molecule has 1 amide bonds. The van der Waals surface area contributed by atoms with Crippen molar-refractivity contribution in [3.63, 3.8) is 0 Å². The molecule has 82 valence electrons. The van der Waals surface area contributed by atoms with Crippen molar-refractivity contribution in [3.05, 3.63) is 0 Å². The van der Waals surface area contributed by atoms with Crippen molar-refractivity contribution in [2.75, 3.05) is 26.2 Å². The number of aliphatic hydroxyl groups excluding tert-OH is 1. The van der Waals surface area contributed by atoms with Crippen molar-refractivity contribution >= 4 is 5.91 Å². The molecule has 4 heteroatoms. The van der Waals surface area contributed by atoms with Crippen LogP contribution in [0, 0.1) is 0 Å². The summed E-state index contributed by atoms with van der Waals surface area (Å²) >= 11 is 0. The van der Waals surface area contributed by atoms with Crippen LogP contribution in [0.5, 0.6) is 0 Å². The molecule has 0 aliphatic carbocycles. The average Bonchev–Trinajstić information content (AvgIpc) is 2.72. The standard InChI is InChI=1S/C10H20N2O2/c1-2-9(8-13)11-7-10(14)12-5-3-4-6-12/h9,11,13H,2-8H2,1H3. The monoisotopic (exact) mass is 200 g/mol. The summed E-state index contributed by atoms with van der Waals surface area (Å²) in [4.78, 5) is 13.4. The SMILES string of the molecule is CCC(CO)NCC(=O)N1CCCC1. The number of rotatable bonds is 5. The van der Waals surface area contributed by atoms with E-state index in [0.717, 1.165) is 32.4 Å². The number of aliphatic hydroxyl groups is 1. The van der Waals surface area contributed by atoms with Gasteiger partial charge < -0.3 is 15.3 Å². The molecule has 1 unspecified atom stereocenters. The summed E-state index contributed by atoms with van der Waals surface area (Å²) < 4.78 is 0. The summed E-state index contributed by atoms with van der Waals surface area (Å²) in [6, 6.07) is 0.0570. The van der Waals surface area contributed by atoms with Gasteiger partial charge in [0.15, 0.2) is 0 Å². The molecule has 0 aromatic carbocycles. The second kappa shape index (κ2) is 5.98. The maximum absolute atomic E-state index is 11.6. The Hall–Kier alpha value is -0.610. The topological polar surface area (TPSA) is 52.6 Å². The summed E-state index contributed by atoms with van der Waals surface area (Å²) in [6.45, 7) is 4.25. The van der Waals surface area contributed by atoms with Crippen LogP contribution >= 0.6 is 0 Å². The lowest BCUT2D eigenvalue weighted by Gasteiger charge is -2.18. The van der Waals surface area contributed by atoms with Crippen LogP contribution in [-0.4, -0.2) is 48.2 Å². The van der Waals surface area contributed by atoms with E-state index in [0.29, 0.717) is 6.54 Å².